The number of hydrogen-bond donors (Lipinski definition) is 8. The summed E-state index contributed by atoms with van der Waals surface area (Å²) in [6.07, 6.45) is 0. The van der Waals surface area contributed by atoms with Crippen LogP contribution in [0.25, 0.3) is 43.4 Å². The maximum absolute atomic E-state index is 13.5. The number of carbonyl (C=O) groups is 3. The third-order valence-corrected chi connectivity index (χ3v) is 14.0. The van der Waals surface area contributed by atoms with Crippen LogP contribution < -0.4 is 21.3 Å². The Morgan fingerprint density at radius 3 is 1.11 bits per heavy atom. The molecular formula is C41H32N6O15S4. The van der Waals surface area contributed by atoms with Gasteiger partial charge in [-0.05, 0) is 108 Å². The van der Waals surface area contributed by atoms with Crippen molar-refractivity contribution in [3.8, 4) is 0 Å². The van der Waals surface area contributed by atoms with Gasteiger partial charge in [0.2, 0.25) is 0 Å². The molecule has 2 aromatic heterocycles. The lowest BCUT2D eigenvalue weighted by atomic mass is 10.1. The Balaban J connectivity index is 0.964. The molecule has 0 fully saturated rings. The quantitative estimate of drug-likeness (QED) is 0.0717. The van der Waals surface area contributed by atoms with Crippen LogP contribution in [0.3, 0.4) is 0 Å². The van der Waals surface area contributed by atoms with Crippen LogP contribution in [-0.4, -0.2) is 78.9 Å². The van der Waals surface area contributed by atoms with E-state index in [-0.39, 0.29) is 44.3 Å². The number of nitrogens with one attached hydrogen (secondary N) is 4. The van der Waals surface area contributed by atoms with E-state index >= 15 is 0 Å². The Bertz CT molecular complexity index is 3670. The van der Waals surface area contributed by atoms with Crippen molar-refractivity contribution in [1.82, 2.24) is 9.13 Å². The molecule has 0 bridgehead atoms. The van der Waals surface area contributed by atoms with Crippen molar-refractivity contribution in [2.45, 2.75) is 19.6 Å². The molecule has 0 atom stereocenters. The second-order valence-corrected chi connectivity index (χ2v) is 20.4. The minimum absolute atomic E-state index is 0.0358. The highest BCUT2D eigenvalue weighted by molar-refractivity contribution is 7.87. The van der Waals surface area contributed by atoms with Gasteiger partial charge in [0.25, 0.3) is 52.3 Å². The van der Waals surface area contributed by atoms with Crippen LogP contribution in [0.15, 0.2) is 129 Å². The van der Waals surface area contributed by atoms with Crippen molar-refractivity contribution < 1.29 is 66.3 Å². The van der Waals surface area contributed by atoms with Crippen LogP contribution in [0.4, 0.5) is 27.5 Å². The fourth-order valence-electron chi connectivity index (χ4n) is 7.45. The molecule has 66 heavy (non-hydrogen) atoms. The van der Waals surface area contributed by atoms with Crippen LogP contribution in [0.2, 0.25) is 0 Å². The van der Waals surface area contributed by atoms with E-state index in [1.165, 1.54) is 36.4 Å². The molecule has 0 spiro atoms. The molecule has 0 unspecified atom stereocenters. The van der Waals surface area contributed by atoms with Crippen LogP contribution in [0.1, 0.15) is 21.0 Å². The predicted molar refractivity (Wildman–Crippen MR) is 242 cm³/mol. The van der Waals surface area contributed by atoms with Crippen molar-refractivity contribution in [2.75, 3.05) is 21.3 Å². The number of aromatic nitrogens is 2. The van der Waals surface area contributed by atoms with Crippen molar-refractivity contribution in [3.05, 3.63) is 121 Å². The van der Waals surface area contributed by atoms with Crippen molar-refractivity contribution >= 4 is 124 Å². The molecule has 0 aliphatic carbocycles. The number of aryl methyl sites for hydroxylation is 2. The first-order chi connectivity index (χ1) is 30.7. The number of anilines is 4. The molecular weight excluding hydrogens is 945 g/mol. The normalized spacial score (nSPS) is 12.5. The molecule has 25 heteroatoms. The van der Waals surface area contributed by atoms with E-state index in [9.17, 15) is 66.3 Å². The van der Waals surface area contributed by atoms with E-state index in [1.54, 1.807) is 71.8 Å². The van der Waals surface area contributed by atoms with Crippen LogP contribution in [-0.2, 0) is 54.6 Å². The summed E-state index contributed by atoms with van der Waals surface area (Å²) < 4.78 is 137. The van der Waals surface area contributed by atoms with Gasteiger partial charge in [-0.3, -0.25) is 27.8 Å². The van der Waals surface area contributed by atoms with Crippen molar-refractivity contribution in [2.24, 2.45) is 14.1 Å². The van der Waals surface area contributed by atoms with Gasteiger partial charge in [-0.2, -0.15) is 33.7 Å². The first-order valence-corrected chi connectivity index (χ1v) is 24.5. The summed E-state index contributed by atoms with van der Waals surface area (Å²) in [6, 6.07) is 23.2. The second kappa shape index (κ2) is 16.0. The van der Waals surface area contributed by atoms with Gasteiger partial charge >= 0.3 is 6.03 Å². The fraction of sp³-hybridized carbons (Fsp3) is 0.0488. The molecule has 8 N–H and O–H groups in total. The molecule has 340 valence electrons. The molecule has 6 aromatic carbocycles. The predicted octanol–water partition coefficient (Wildman–Crippen LogP) is 6.11. The zero-order valence-electron chi connectivity index (χ0n) is 33.7. The number of fused-ring (bicyclic) bond motifs is 4. The third kappa shape index (κ3) is 8.91. The Kier molecular flexibility index (Phi) is 11.0. The molecule has 2 heterocycles. The zero-order chi connectivity index (χ0) is 47.8. The first kappa shape index (κ1) is 45.3. The van der Waals surface area contributed by atoms with E-state index in [4.69, 9.17) is 0 Å². The van der Waals surface area contributed by atoms with Gasteiger partial charge in [0.1, 0.15) is 21.2 Å². The van der Waals surface area contributed by atoms with Gasteiger partial charge in [-0.15, -0.1) is 0 Å². The second-order valence-electron chi connectivity index (χ2n) is 14.8. The summed E-state index contributed by atoms with van der Waals surface area (Å²) in [5, 5.41) is 11.7. The lowest BCUT2D eigenvalue weighted by Crippen LogP contribution is -2.19. The number of hydrogen-bond acceptors (Lipinski definition) is 11. The zero-order valence-corrected chi connectivity index (χ0v) is 37.0. The largest absolute Gasteiger partial charge is 0.340 e. The summed E-state index contributed by atoms with van der Waals surface area (Å²) in [6.45, 7) is 0. The van der Waals surface area contributed by atoms with Crippen molar-refractivity contribution in [3.63, 3.8) is 0 Å². The van der Waals surface area contributed by atoms with Gasteiger partial charge in [0.15, 0.2) is 0 Å². The number of amides is 4. The molecule has 0 saturated carbocycles. The Labute approximate surface area is 373 Å². The standard InChI is InChI=1S/C41H32N6O15S4/c1-46-33-9-7-25(11-23(33)15-35(46)39(48)42-27-5-3-21-13-29(63(51,52)53)19-37(31(21)17-27)65(57,58)59)44-41(50)45-26-8-10-34-24(12-26)16-36(47(34)2)40(49)43-28-6-4-22-14-30(64(54,55)56)20-38(32(22)18-28)66(60,61)62/h3-20H,1-2H3,(H,42,48)(H,43,49)(H2,44,45,50)(H,51,52,53)(H,54,55,56)(H,57,58,59)(H,60,61,62). The number of nitrogens with zero attached hydrogens (tertiary/aromatic N) is 2. The number of benzene rings is 6. The van der Waals surface area contributed by atoms with Gasteiger partial charge in [0, 0.05) is 69.4 Å². The Morgan fingerprint density at radius 1 is 0.409 bits per heavy atom. The lowest BCUT2D eigenvalue weighted by molar-refractivity contribution is 0.101. The molecule has 4 amide bonds. The molecule has 0 saturated heterocycles. The highest BCUT2D eigenvalue weighted by atomic mass is 32.2. The maximum atomic E-state index is 13.5. The van der Waals surface area contributed by atoms with Gasteiger partial charge in [0.05, 0.1) is 9.79 Å². The average molecular weight is 977 g/mol. The van der Waals surface area contributed by atoms with E-state index < -0.39 is 77.9 Å². The summed E-state index contributed by atoms with van der Waals surface area (Å²) in [5.74, 6) is -1.25. The molecule has 8 aromatic rings. The van der Waals surface area contributed by atoms with Gasteiger partial charge in [-0.1, -0.05) is 12.1 Å². The fourth-order valence-corrected chi connectivity index (χ4v) is 10.1. The molecule has 8 rings (SSSR count). The Hall–Kier alpha value is -7.23. The first-order valence-electron chi connectivity index (χ1n) is 18.7. The van der Waals surface area contributed by atoms with Crippen LogP contribution in [0.5, 0.6) is 0 Å². The maximum Gasteiger partial charge on any atom is 0.323 e. The lowest BCUT2D eigenvalue weighted by Gasteiger charge is -2.11. The third-order valence-electron chi connectivity index (χ3n) is 10.5. The SMILES string of the molecule is Cn1c(C(=O)Nc2ccc3cc(S(=O)(=O)O)cc(S(=O)(=O)O)c3c2)cc2cc(NC(=O)Nc3ccc4c(c3)cc(C(=O)Nc3ccc5cc(S(=O)(=O)O)cc(S(=O)(=O)O)c5c3)n4C)ccc21. The summed E-state index contributed by atoms with van der Waals surface area (Å²) in [7, 11) is -16.4. The molecule has 0 aliphatic heterocycles. The smallest absolute Gasteiger partial charge is 0.323 e. The highest BCUT2D eigenvalue weighted by Gasteiger charge is 2.24. The topological polar surface area (TPSA) is 327 Å². The molecule has 0 radical (unpaired) electrons. The van der Waals surface area contributed by atoms with E-state index in [0.717, 1.165) is 12.1 Å². The summed E-state index contributed by atoms with van der Waals surface area (Å²) >= 11 is 0. The van der Waals surface area contributed by atoms with Crippen LogP contribution in [0, 0.1) is 0 Å². The van der Waals surface area contributed by atoms with E-state index in [1.807, 2.05) is 0 Å². The van der Waals surface area contributed by atoms with Crippen molar-refractivity contribution in [1.29, 1.82) is 0 Å². The van der Waals surface area contributed by atoms with Gasteiger partial charge < -0.3 is 30.4 Å². The number of rotatable bonds is 10. The molecule has 21 nitrogen and oxygen atoms in total. The Morgan fingerprint density at radius 2 is 0.758 bits per heavy atom. The number of carbonyl (C=O) groups excluding carboxylic acids is 3. The summed E-state index contributed by atoms with van der Waals surface area (Å²) in [4.78, 5) is 37.0. The van der Waals surface area contributed by atoms with Gasteiger partial charge in [-0.25, -0.2) is 4.79 Å². The highest BCUT2D eigenvalue weighted by Crippen LogP contribution is 2.33. The molecule has 0 aliphatic rings. The van der Waals surface area contributed by atoms with Crippen LogP contribution >= 0.6 is 0 Å². The summed E-state index contributed by atoms with van der Waals surface area (Å²) in [5.41, 5.74) is 2.41. The monoisotopic (exact) mass is 976 g/mol. The van der Waals surface area contributed by atoms with E-state index in [2.05, 4.69) is 21.3 Å². The number of urea groups is 1. The minimum atomic E-state index is -4.97. The average Bonchev–Trinajstić information content (AvgIpc) is 3.73. The van der Waals surface area contributed by atoms with E-state index in [0.29, 0.717) is 45.3 Å². The minimum Gasteiger partial charge on any atom is -0.340 e.